The minimum Gasteiger partial charge on any atom is -0.483 e. The average Bonchev–Trinajstić information content (AvgIpc) is 2.75. The van der Waals surface area contributed by atoms with E-state index in [4.69, 9.17) is 27.9 Å². The first kappa shape index (κ1) is 26.8. The Balaban J connectivity index is 2.22. The third kappa shape index (κ3) is 6.09. The zero-order chi connectivity index (χ0) is 24.3. The van der Waals surface area contributed by atoms with Gasteiger partial charge in [0.25, 0.3) is 5.91 Å². The average molecular weight is 482 g/mol. The van der Waals surface area contributed by atoms with Crippen molar-refractivity contribution in [3.63, 3.8) is 0 Å². The summed E-state index contributed by atoms with van der Waals surface area (Å²) < 4.78 is 5.97. The molecule has 0 heterocycles. The van der Waals surface area contributed by atoms with E-state index in [0.717, 1.165) is 18.4 Å². The van der Waals surface area contributed by atoms with Crippen molar-refractivity contribution in [2.24, 2.45) is 0 Å². The van der Waals surface area contributed by atoms with E-state index in [-0.39, 0.29) is 34.1 Å². The summed E-state index contributed by atoms with van der Waals surface area (Å²) in [6, 6.07) is 6.25. The molecule has 0 spiro atoms. The molecular weight excluding hydrogens is 445 g/mol. The Morgan fingerprint density at radius 2 is 1.75 bits per heavy atom. The summed E-state index contributed by atoms with van der Waals surface area (Å²) >= 11 is 12.6. The number of ether oxygens (including phenoxy) is 1. The maximum Gasteiger partial charge on any atom is 0.262 e. The number of carbonyl (C=O) groups excluding carboxylic acids is 1. The quantitative estimate of drug-likeness (QED) is 0.405. The van der Waals surface area contributed by atoms with E-state index in [9.17, 15) is 9.90 Å². The van der Waals surface area contributed by atoms with Gasteiger partial charge in [-0.3, -0.25) is 4.79 Å². The fraction of sp³-hybridized carbons (Fsp3) is 0.577. The van der Waals surface area contributed by atoms with Crippen LogP contribution in [0.25, 0.3) is 0 Å². The van der Waals surface area contributed by atoms with E-state index in [0.29, 0.717) is 12.2 Å². The summed E-state index contributed by atoms with van der Waals surface area (Å²) in [5, 5.41) is 13.2. The van der Waals surface area contributed by atoms with Gasteiger partial charge in [0.2, 0.25) is 0 Å². The van der Waals surface area contributed by atoms with Crippen molar-refractivity contribution < 1.29 is 14.6 Å². The fourth-order valence-corrected chi connectivity index (χ4v) is 4.09. The summed E-state index contributed by atoms with van der Waals surface area (Å²) in [5.74, 6) is 0.314. The maximum absolute atomic E-state index is 12.6. The van der Waals surface area contributed by atoms with E-state index in [1.54, 1.807) is 12.2 Å². The molecule has 0 aliphatic heterocycles. The molecule has 0 aromatic heterocycles. The highest BCUT2D eigenvalue weighted by atomic mass is 35.5. The lowest BCUT2D eigenvalue weighted by atomic mass is 9.76. The lowest BCUT2D eigenvalue weighted by Crippen LogP contribution is -2.37. The molecule has 2 atom stereocenters. The van der Waals surface area contributed by atoms with E-state index >= 15 is 0 Å². The first-order valence-electron chi connectivity index (χ1n) is 11.3. The summed E-state index contributed by atoms with van der Waals surface area (Å²) in [7, 11) is 0. The molecule has 6 heteroatoms. The van der Waals surface area contributed by atoms with Gasteiger partial charge in [0.1, 0.15) is 11.9 Å². The number of hydrogen-bond acceptors (Lipinski definition) is 3. The van der Waals surface area contributed by atoms with Crippen molar-refractivity contribution in [2.75, 3.05) is 6.61 Å². The summed E-state index contributed by atoms with van der Waals surface area (Å²) in [6.07, 6.45) is 4.66. The lowest BCUT2D eigenvalue weighted by Gasteiger charge is -2.30. The number of halogens is 2. The number of benzene rings is 1. The number of aliphatic hydroxyl groups is 1. The molecule has 0 saturated carbocycles. The second kappa shape index (κ2) is 10.2. The van der Waals surface area contributed by atoms with Gasteiger partial charge < -0.3 is 15.2 Å². The highest BCUT2D eigenvalue weighted by molar-refractivity contribution is 6.33. The Morgan fingerprint density at radius 3 is 2.31 bits per heavy atom. The number of allylic oxidation sites excluding steroid dienone is 2. The van der Waals surface area contributed by atoms with Crippen molar-refractivity contribution in [2.45, 2.75) is 89.5 Å². The number of hydrogen-bond donors (Lipinski definition) is 2. The Morgan fingerprint density at radius 1 is 1.12 bits per heavy atom. The Bertz CT molecular complexity index is 904. The van der Waals surface area contributed by atoms with Gasteiger partial charge in [-0.1, -0.05) is 72.2 Å². The van der Waals surface area contributed by atoms with Crippen LogP contribution < -0.4 is 10.1 Å². The van der Waals surface area contributed by atoms with E-state index in [2.05, 4.69) is 59.0 Å². The Hall–Kier alpha value is -1.49. The number of amides is 1. The molecule has 0 radical (unpaired) electrons. The largest absolute Gasteiger partial charge is 0.483 e. The van der Waals surface area contributed by atoms with Gasteiger partial charge in [0, 0.05) is 5.56 Å². The highest BCUT2D eigenvalue weighted by Gasteiger charge is 2.32. The molecule has 1 aromatic carbocycles. The third-order valence-electron chi connectivity index (χ3n) is 6.77. The predicted octanol–water partition coefficient (Wildman–Crippen LogP) is 6.33. The van der Waals surface area contributed by atoms with Crippen LogP contribution in [-0.2, 0) is 15.6 Å². The zero-order valence-electron chi connectivity index (χ0n) is 20.3. The van der Waals surface area contributed by atoms with Crippen LogP contribution in [0.15, 0.2) is 41.1 Å². The van der Waals surface area contributed by atoms with Crippen molar-refractivity contribution in [3.8, 4) is 5.75 Å². The molecule has 1 aromatic rings. The SMILES string of the molecule is CCC1(Cl)C=C(Cl)C(O)C(NC(=O)COc2ccc(C(C)(C)CC)cc2C(C)(C)CC)=C1. The van der Waals surface area contributed by atoms with Crippen LogP contribution in [0.3, 0.4) is 0 Å². The number of carbonyl (C=O) groups is 1. The lowest BCUT2D eigenvalue weighted by molar-refractivity contribution is -0.122. The molecule has 2 N–H and O–H groups in total. The molecule has 0 saturated heterocycles. The molecule has 1 amide bonds. The van der Waals surface area contributed by atoms with Crippen LogP contribution >= 0.6 is 23.2 Å². The molecule has 0 fully saturated rings. The van der Waals surface area contributed by atoms with Crippen molar-refractivity contribution in [1.29, 1.82) is 0 Å². The van der Waals surface area contributed by atoms with E-state index in [1.807, 2.05) is 13.0 Å². The molecule has 2 rings (SSSR count). The van der Waals surface area contributed by atoms with Crippen molar-refractivity contribution in [1.82, 2.24) is 5.32 Å². The molecular formula is C26H37Cl2NO3. The van der Waals surface area contributed by atoms with Crippen LogP contribution in [0, 0.1) is 0 Å². The van der Waals surface area contributed by atoms with Crippen LogP contribution in [0.1, 0.15) is 78.9 Å². The van der Waals surface area contributed by atoms with Crippen LogP contribution in [0.5, 0.6) is 5.75 Å². The third-order valence-corrected chi connectivity index (χ3v) is 7.57. The molecule has 1 aliphatic rings. The highest BCUT2D eigenvalue weighted by Crippen LogP contribution is 2.38. The fourth-order valence-electron chi connectivity index (χ4n) is 3.49. The molecule has 0 bridgehead atoms. The minimum atomic E-state index is -1.11. The maximum atomic E-state index is 12.6. The monoisotopic (exact) mass is 481 g/mol. The second-order valence-electron chi connectivity index (χ2n) is 9.83. The molecule has 178 valence electrons. The summed E-state index contributed by atoms with van der Waals surface area (Å²) in [5.41, 5.74) is 2.56. The van der Waals surface area contributed by atoms with Crippen molar-refractivity contribution >= 4 is 29.1 Å². The van der Waals surface area contributed by atoms with Gasteiger partial charge in [-0.2, -0.15) is 0 Å². The Kier molecular flexibility index (Phi) is 8.52. The Labute approximate surface area is 203 Å². The van der Waals surface area contributed by atoms with Gasteiger partial charge in [-0.05, 0) is 53.9 Å². The zero-order valence-corrected chi connectivity index (χ0v) is 21.8. The number of nitrogens with one attached hydrogen (secondary N) is 1. The standard InChI is InChI=1S/C26H37Cl2NO3/c1-8-24(4,5)17-11-12-21(18(13-17)25(6,7)9-2)32-16-22(30)29-20-15-26(28,10-3)14-19(27)23(20)31/h11-15,23,31H,8-10,16H2,1-7H3,(H,29,30). The molecule has 4 nitrogen and oxygen atoms in total. The first-order chi connectivity index (χ1) is 14.8. The number of aliphatic hydroxyl groups excluding tert-OH is 1. The summed E-state index contributed by atoms with van der Waals surface area (Å²) in [6.45, 7) is 14.9. The summed E-state index contributed by atoms with van der Waals surface area (Å²) in [4.78, 5) is 11.8. The van der Waals surface area contributed by atoms with Gasteiger partial charge >= 0.3 is 0 Å². The molecule has 1 aliphatic carbocycles. The van der Waals surface area contributed by atoms with Gasteiger partial charge in [0.05, 0.1) is 15.6 Å². The number of alkyl halides is 1. The second-order valence-corrected chi connectivity index (χ2v) is 11.0. The predicted molar refractivity (Wildman–Crippen MR) is 134 cm³/mol. The normalized spacial score (nSPS) is 21.6. The van der Waals surface area contributed by atoms with E-state index in [1.165, 1.54) is 5.56 Å². The minimum absolute atomic E-state index is 0.0538. The van der Waals surface area contributed by atoms with Gasteiger partial charge in [-0.15, -0.1) is 11.6 Å². The number of rotatable bonds is 9. The topological polar surface area (TPSA) is 58.6 Å². The first-order valence-corrected chi connectivity index (χ1v) is 12.1. The van der Waals surface area contributed by atoms with Crippen LogP contribution in [0.4, 0.5) is 0 Å². The van der Waals surface area contributed by atoms with Crippen LogP contribution in [-0.4, -0.2) is 28.6 Å². The van der Waals surface area contributed by atoms with Crippen LogP contribution in [0.2, 0.25) is 0 Å². The molecule has 32 heavy (non-hydrogen) atoms. The van der Waals surface area contributed by atoms with E-state index < -0.39 is 11.0 Å². The smallest absolute Gasteiger partial charge is 0.262 e. The van der Waals surface area contributed by atoms with Gasteiger partial charge in [0.15, 0.2) is 6.61 Å². The van der Waals surface area contributed by atoms with Gasteiger partial charge in [-0.25, -0.2) is 0 Å². The van der Waals surface area contributed by atoms with Crippen molar-refractivity contribution in [3.05, 3.63) is 52.2 Å². The molecule has 2 unspecified atom stereocenters.